The summed E-state index contributed by atoms with van der Waals surface area (Å²) in [5.74, 6) is 0.787. The van der Waals surface area contributed by atoms with Crippen molar-refractivity contribution >= 4 is 27.8 Å². The largest absolute Gasteiger partial charge is 0.496 e. The molecule has 124 valence electrons. The van der Waals surface area contributed by atoms with Crippen molar-refractivity contribution < 1.29 is 9.53 Å². The van der Waals surface area contributed by atoms with Crippen molar-refractivity contribution in [2.24, 2.45) is 10.7 Å². The Bertz CT molecular complexity index is 850. The first-order chi connectivity index (χ1) is 11.4. The molecule has 24 heavy (non-hydrogen) atoms. The highest BCUT2D eigenvalue weighted by Crippen LogP contribution is 2.41. The summed E-state index contributed by atoms with van der Waals surface area (Å²) in [6.07, 6.45) is 0. The molecular formula is C18H18BrN3O2. The molecule has 1 aliphatic rings. The van der Waals surface area contributed by atoms with E-state index >= 15 is 0 Å². The van der Waals surface area contributed by atoms with Gasteiger partial charge >= 0.3 is 0 Å². The second-order valence-electron chi connectivity index (χ2n) is 5.74. The molecule has 0 saturated carbocycles. The molecule has 1 amide bonds. The number of carbonyl (C=O) groups is 1. The number of hydrogen-bond acceptors (Lipinski definition) is 4. The lowest BCUT2D eigenvalue weighted by Gasteiger charge is -2.27. The first kappa shape index (κ1) is 16.5. The molecule has 5 nitrogen and oxygen atoms in total. The highest BCUT2D eigenvalue weighted by molar-refractivity contribution is 9.10. The summed E-state index contributed by atoms with van der Waals surface area (Å²) in [5.41, 5.74) is 7.24. The van der Waals surface area contributed by atoms with Crippen LogP contribution in [0.1, 0.15) is 16.7 Å². The van der Waals surface area contributed by atoms with Gasteiger partial charge in [0.1, 0.15) is 5.75 Å². The fraction of sp³-hybridized carbons (Fsp3) is 0.222. The number of nitrogens with two attached hydrogens (primary N) is 1. The summed E-state index contributed by atoms with van der Waals surface area (Å²) in [6.45, 7) is 1.94. The lowest BCUT2D eigenvalue weighted by Crippen LogP contribution is -2.41. The average molecular weight is 388 g/mol. The highest BCUT2D eigenvalue weighted by atomic mass is 79.9. The number of methoxy groups -OCH3 is 1. The molecule has 0 radical (unpaired) electrons. The Hall–Kier alpha value is -2.34. The topological polar surface area (TPSA) is 67.9 Å². The first-order valence-corrected chi connectivity index (χ1v) is 8.24. The van der Waals surface area contributed by atoms with Crippen LogP contribution in [0.15, 0.2) is 51.9 Å². The van der Waals surface area contributed by atoms with E-state index in [4.69, 9.17) is 10.5 Å². The van der Waals surface area contributed by atoms with Crippen LogP contribution < -0.4 is 10.5 Å². The number of amides is 1. The van der Waals surface area contributed by atoms with Gasteiger partial charge in [0.05, 0.1) is 7.11 Å². The zero-order valence-electron chi connectivity index (χ0n) is 13.7. The highest BCUT2D eigenvalue weighted by Gasteiger charge is 2.49. The van der Waals surface area contributed by atoms with Crippen molar-refractivity contribution in [2.45, 2.75) is 12.5 Å². The SMILES string of the molecule is COc1ccc(C2(c3cccc(Br)c3)N=C(N)N(C)C2=O)cc1C. The summed E-state index contributed by atoms with van der Waals surface area (Å²) in [7, 11) is 3.26. The molecule has 0 fully saturated rings. The molecule has 1 atom stereocenters. The van der Waals surface area contributed by atoms with Crippen LogP contribution in [0.4, 0.5) is 0 Å². The van der Waals surface area contributed by atoms with Gasteiger partial charge in [0.15, 0.2) is 11.5 Å². The maximum atomic E-state index is 13.1. The van der Waals surface area contributed by atoms with Gasteiger partial charge in [-0.3, -0.25) is 9.69 Å². The zero-order valence-corrected chi connectivity index (χ0v) is 15.3. The third-order valence-electron chi connectivity index (χ3n) is 4.30. The van der Waals surface area contributed by atoms with Crippen LogP contribution in [-0.4, -0.2) is 30.9 Å². The number of guanidine groups is 1. The molecule has 0 aromatic heterocycles. The Labute approximate surface area is 149 Å². The number of halogens is 1. The van der Waals surface area contributed by atoms with E-state index in [2.05, 4.69) is 20.9 Å². The molecule has 1 aliphatic heterocycles. The molecule has 0 saturated heterocycles. The number of rotatable bonds is 3. The Morgan fingerprint density at radius 1 is 1.21 bits per heavy atom. The fourth-order valence-corrected chi connectivity index (χ4v) is 3.40. The molecular weight excluding hydrogens is 370 g/mol. The third kappa shape index (κ3) is 2.38. The fourth-order valence-electron chi connectivity index (χ4n) is 3.00. The number of hydrogen-bond donors (Lipinski definition) is 1. The van der Waals surface area contributed by atoms with Crippen molar-refractivity contribution in [3.8, 4) is 5.75 Å². The zero-order chi connectivity index (χ0) is 17.5. The molecule has 1 unspecified atom stereocenters. The Balaban J connectivity index is 2.29. The number of aliphatic imine (C=N–C) groups is 1. The number of ether oxygens (including phenoxy) is 1. The standard InChI is InChI=1S/C18H18BrN3O2/c1-11-9-13(7-8-15(11)24-3)18(12-5-4-6-14(19)10-12)16(23)22(2)17(20)21-18/h4-10H,1-3H3,(H2,20,21). The number of likely N-dealkylation sites (N-methyl/N-ethyl adjacent to an activating group) is 1. The van der Waals surface area contributed by atoms with Crippen molar-refractivity contribution in [3.63, 3.8) is 0 Å². The lowest BCUT2D eigenvalue weighted by molar-refractivity contribution is -0.129. The summed E-state index contributed by atoms with van der Waals surface area (Å²) >= 11 is 3.47. The van der Waals surface area contributed by atoms with E-state index in [9.17, 15) is 4.79 Å². The van der Waals surface area contributed by atoms with Crippen LogP contribution in [0.5, 0.6) is 5.75 Å². The second kappa shape index (κ2) is 5.94. The van der Waals surface area contributed by atoms with E-state index in [0.717, 1.165) is 26.9 Å². The molecule has 6 heteroatoms. The quantitative estimate of drug-likeness (QED) is 0.879. The van der Waals surface area contributed by atoms with E-state index in [1.165, 1.54) is 4.90 Å². The number of aryl methyl sites for hydroxylation is 1. The minimum atomic E-state index is -1.18. The minimum Gasteiger partial charge on any atom is -0.496 e. The maximum absolute atomic E-state index is 13.1. The smallest absolute Gasteiger partial charge is 0.266 e. The third-order valence-corrected chi connectivity index (χ3v) is 4.79. The van der Waals surface area contributed by atoms with E-state index in [0.29, 0.717) is 0 Å². The van der Waals surface area contributed by atoms with Crippen molar-refractivity contribution in [1.82, 2.24) is 4.90 Å². The van der Waals surface area contributed by atoms with Crippen LogP contribution in [0.25, 0.3) is 0 Å². The first-order valence-electron chi connectivity index (χ1n) is 7.45. The molecule has 2 aromatic rings. The molecule has 0 spiro atoms. The number of benzene rings is 2. The van der Waals surface area contributed by atoms with Gasteiger partial charge < -0.3 is 10.5 Å². The Morgan fingerprint density at radius 3 is 2.46 bits per heavy atom. The normalized spacial score (nSPS) is 20.2. The summed E-state index contributed by atoms with van der Waals surface area (Å²) in [5, 5.41) is 0. The monoisotopic (exact) mass is 387 g/mol. The summed E-state index contributed by atoms with van der Waals surface area (Å²) in [6, 6.07) is 13.2. The molecule has 2 aromatic carbocycles. The second-order valence-corrected chi connectivity index (χ2v) is 6.66. The average Bonchev–Trinajstić information content (AvgIpc) is 2.80. The van der Waals surface area contributed by atoms with Crippen LogP contribution in [0, 0.1) is 6.92 Å². The van der Waals surface area contributed by atoms with Gasteiger partial charge in [-0.2, -0.15) is 0 Å². The van der Waals surface area contributed by atoms with E-state index in [1.807, 2.05) is 49.4 Å². The summed E-state index contributed by atoms with van der Waals surface area (Å²) in [4.78, 5) is 19.1. The van der Waals surface area contributed by atoms with Gasteiger partial charge in [0.2, 0.25) is 0 Å². The van der Waals surface area contributed by atoms with Gasteiger partial charge in [-0.1, -0.05) is 34.1 Å². The molecule has 0 bridgehead atoms. The Morgan fingerprint density at radius 2 is 1.92 bits per heavy atom. The Kier molecular flexibility index (Phi) is 4.09. The van der Waals surface area contributed by atoms with Crippen LogP contribution in [-0.2, 0) is 10.3 Å². The van der Waals surface area contributed by atoms with Gasteiger partial charge in [-0.15, -0.1) is 0 Å². The summed E-state index contributed by atoms with van der Waals surface area (Å²) < 4.78 is 6.20. The molecule has 2 N–H and O–H groups in total. The van der Waals surface area contributed by atoms with Crippen LogP contribution >= 0.6 is 15.9 Å². The molecule has 1 heterocycles. The van der Waals surface area contributed by atoms with Crippen LogP contribution in [0.3, 0.4) is 0 Å². The van der Waals surface area contributed by atoms with Crippen molar-refractivity contribution in [3.05, 3.63) is 63.6 Å². The van der Waals surface area contributed by atoms with Gasteiger partial charge in [-0.25, -0.2) is 4.99 Å². The predicted octanol–water partition coefficient (Wildman–Crippen LogP) is 2.80. The maximum Gasteiger partial charge on any atom is 0.266 e. The molecule has 0 aliphatic carbocycles. The van der Waals surface area contributed by atoms with E-state index < -0.39 is 5.54 Å². The van der Waals surface area contributed by atoms with Crippen LogP contribution in [0.2, 0.25) is 0 Å². The molecule has 3 rings (SSSR count). The van der Waals surface area contributed by atoms with Crippen molar-refractivity contribution in [1.29, 1.82) is 0 Å². The van der Waals surface area contributed by atoms with Gasteiger partial charge in [0.25, 0.3) is 5.91 Å². The minimum absolute atomic E-state index is 0.178. The lowest BCUT2D eigenvalue weighted by atomic mass is 9.82. The van der Waals surface area contributed by atoms with Gasteiger partial charge in [-0.05, 0) is 47.9 Å². The number of nitrogens with zero attached hydrogens (tertiary/aromatic N) is 2. The number of carbonyl (C=O) groups excluding carboxylic acids is 1. The van der Waals surface area contributed by atoms with Crippen molar-refractivity contribution in [2.75, 3.05) is 14.2 Å². The van der Waals surface area contributed by atoms with E-state index in [1.54, 1.807) is 14.2 Å². The van der Waals surface area contributed by atoms with Gasteiger partial charge in [0, 0.05) is 11.5 Å². The predicted molar refractivity (Wildman–Crippen MR) is 97.0 cm³/mol. The van der Waals surface area contributed by atoms with E-state index in [-0.39, 0.29) is 11.9 Å².